The summed E-state index contributed by atoms with van der Waals surface area (Å²) in [7, 11) is 4.59. The molecule has 0 unspecified atom stereocenters. The molecule has 2 fully saturated rings. The van der Waals surface area contributed by atoms with Gasteiger partial charge in [0.1, 0.15) is 12.0 Å². The van der Waals surface area contributed by atoms with Gasteiger partial charge < -0.3 is 14.2 Å². The van der Waals surface area contributed by atoms with Gasteiger partial charge in [-0.25, -0.2) is 9.96 Å². The van der Waals surface area contributed by atoms with Gasteiger partial charge in [-0.05, 0) is 36.4 Å². The summed E-state index contributed by atoms with van der Waals surface area (Å²) in [6, 6.07) is 21.2. The van der Waals surface area contributed by atoms with Crippen LogP contribution in [0.3, 0.4) is 0 Å². The summed E-state index contributed by atoms with van der Waals surface area (Å²) < 4.78 is 16.7. The predicted octanol–water partition coefficient (Wildman–Crippen LogP) is 3.76. The first-order valence-electron chi connectivity index (χ1n) is 10.8. The Kier molecular flexibility index (Phi) is 5.59. The number of methoxy groups -OCH3 is 3. The SMILES string of the molecule is COc1ccc([C@@H]2[C@H]3C(=O)N(c4ccccc4)C(=O)[C@H]3ON2c2ccccc2)c(OC)c1OC. The lowest BCUT2D eigenvalue weighted by atomic mass is 9.89. The van der Waals surface area contributed by atoms with Crippen LogP contribution in [0.5, 0.6) is 17.2 Å². The van der Waals surface area contributed by atoms with E-state index in [1.54, 1.807) is 42.5 Å². The van der Waals surface area contributed by atoms with Crippen molar-refractivity contribution in [3.05, 3.63) is 78.4 Å². The van der Waals surface area contributed by atoms with Crippen molar-refractivity contribution in [2.45, 2.75) is 12.1 Å². The summed E-state index contributed by atoms with van der Waals surface area (Å²) in [6.45, 7) is 0. The first-order chi connectivity index (χ1) is 16.6. The number of nitrogens with zero attached hydrogens (tertiary/aromatic N) is 2. The van der Waals surface area contributed by atoms with Gasteiger partial charge in [0.15, 0.2) is 17.6 Å². The van der Waals surface area contributed by atoms with E-state index in [-0.39, 0.29) is 5.91 Å². The zero-order valence-electron chi connectivity index (χ0n) is 19.0. The second kappa shape index (κ2) is 8.72. The molecule has 8 heteroatoms. The van der Waals surface area contributed by atoms with E-state index in [0.717, 1.165) is 0 Å². The number of hydrogen-bond donors (Lipinski definition) is 0. The highest BCUT2D eigenvalue weighted by molar-refractivity contribution is 6.23. The Balaban J connectivity index is 1.67. The van der Waals surface area contributed by atoms with Crippen molar-refractivity contribution in [1.82, 2.24) is 0 Å². The van der Waals surface area contributed by atoms with Crippen LogP contribution in [0.15, 0.2) is 72.8 Å². The van der Waals surface area contributed by atoms with Crippen molar-refractivity contribution < 1.29 is 28.6 Å². The third-order valence-corrected chi connectivity index (χ3v) is 6.19. The van der Waals surface area contributed by atoms with E-state index >= 15 is 0 Å². The molecule has 3 aromatic carbocycles. The lowest BCUT2D eigenvalue weighted by Crippen LogP contribution is -2.37. The zero-order valence-corrected chi connectivity index (χ0v) is 19.0. The average Bonchev–Trinajstić information content (AvgIpc) is 3.39. The Morgan fingerprint density at radius 2 is 1.32 bits per heavy atom. The number of hydrogen-bond acceptors (Lipinski definition) is 7. The number of benzene rings is 3. The molecule has 0 spiro atoms. The minimum absolute atomic E-state index is 0.332. The topological polar surface area (TPSA) is 77.5 Å². The van der Waals surface area contributed by atoms with Crippen molar-refractivity contribution in [1.29, 1.82) is 0 Å². The Hall–Kier alpha value is -4.04. The molecule has 2 heterocycles. The van der Waals surface area contributed by atoms with Crippen molar-refractivity contribution in [2.24, 2.45) is 5.92 Å². The largest absolute Gasteiger partial charge is 0.493 e. The molecule has 0 radical (unpaired) electrons. The Morgan fingerprint density at radius 1 is 0.706 bits per heavy atom. The Morgan fingerprint density at radius 3 is 1.91 bits per heavy atom. The number of rotatable bonds is 6. The van der Waals surface area contributed by atoms with Gasteiger partial charge in [0.2, 0.25) is 11.7 Å². The summed E-state index contributed by atoms with van der Waals surface area (Å²) in [5.74, 6) is -0.221. The number of anilines is 2. The minimum atomic E-state index is -0.976. The molecule has 3 atom stereocenters. The van der Waals surface area contributed by atoms with Crippen LogP contribution >= 0.6 is 0 Å². The highest BCUT2D eigenvalue weighted by Gasteiger charge is 2.61. The fourth-order valence-corrected chi connectivity index (χ4v) is 4.72. The highest BCUT2D eigenvalue weighted by Crippen LogP contribution is 2.52. The zero-order chi connectivity index (χ0) is 23.8. The van der Waals surface area contributed by atoms with Gasteiger partial charge in [-0.1, -0.05) is 36.4 Å². The standard InChI is InChI=1S/C26H24N2O6/c1-31-19-15-14-18(22(32-2)23(19)33-3)21-20-24(34-28(21)17-12-8-5-9-13-17)26(30)27(25(20)29)16-10-6-4-7-11-16/h4-15,20-21,24H,1-3H3/t20-,21-,24+/m1/s1. The molecule has 34 heavy (non-hydrogen) atoms. The summed E-state index contributed by atoms with van der Waals surface area (Å²) >= 11 is 0. The summed E-state index contributed by atoms with van der Waals surface area (Å²) in [5, 5.41) is 1.62. The van der Waals surface area contributed by atoms with Gasteiger partial charge in [-0.15, -0.1) is 0 Å². The lowest BCUT2D eigenvalue weighted by molar-refractivity contribution is -0.126. The molecule has 0 saturated carbocycles. The van der Waals surface area contributed by atoms with Gasteiger partial charge in [0, 0.05) is 5.56 Å². The van der Waals surface area contributed by atoms with Gasteiger partial charge in [0.05, 0.1) is 32.7 Å². The van der Waals surface area contributed by atoms with E-state index in [1.165, 1.54) is 19.1 Å². The maximum Gasteiger partial charge on any atom is 0.266 e. The smallest absolute Gasteiger partial charge is 0.266 e. The molecule has 2 aliphatic rings. The lowest BCUT2D eigenvalue weighted by Gasteiger charge is -2.30. The van der Waals surface area contributed by atoms with E-state index in [2.05, 4.69) is 0 Å². The second-order valence-corrected chi connectivity index (χ2v) is 7.93. The third-order valence-electron chi connectivity index (χ3n) is 6.19. The Bertz CT molecular complexity index is 1220. The van der Waals surface area contributed by atoms with Gasteiger partial charge in [0.25, 0.3) is 5.91 Å². The van der Waals surface area contributed by atoms with Crippen LogP contribution in [-0.2, 0) is 14.4 Å². The van der Waals surface area contributed by atoms with Gasteiger partial charge >= 0.3 is 0 Å². The summed E-state index contributed by atoms with van der Waals surface area (Å²) in [5.41, 5.74) is 1.87. The number of carbonyl (C=O) groups is 2. The van der Waals surface area contributed by atoms with Gasteiger partial charge in [-0.3, -0.25) is 14.4 Å². The molecular weight excluding hydrogens is 436 g/mol. The molecule has 0 aromatic heterocycles. The molecule has 174 valence electrons. The van der Waals surface area contributed by atoms with Crippen molar-refractivity contribution >= 4 is 23.2 Å². The molecule has 2 amide bonds. The van der Waals surface area contributed by atoms with Crippen molar-refractivity contribution in [3.8, 4) is 17.2 Å². The monoisotopic (exact) mass is 460 g/mol. The van der Waals surface area contributed by atoms with Crippen LogP contribution in [0.25, 0.3) is 0 Å². The van der Waals surface area contributed by atoms with E-state index in [1.807, 2.05) is 42.5 Å². The van der Waals surface area contributed by atoms with Crippen LogP contribution in [0, 0.1) is 5.92 Å². The van der Waals surface area contributed by atoms with Gasteiger partial charge in [-0.2, -0.15) is 0 Å². The number of imide groups is 1. The van der Waals surface area contributed by atoms with Crippen LogP contribution in [0.1, 0.15) is 11.6 Å². The fourth-order valence-electron chi connectivity index (χ4n) is 4.72. The molecular formula is C26H24N2O6. The third kappa shape index (κ3) is 3.26. The van der Waals surface area contributed by atoms with Crippen LogP contribution in [-0.4, -0.2) is 39.2 Å². The molecule has 2 saturated heterocycles. The summed E-state index contributed by atoms with van der Waals surface area (Å²) in [6.07, 6.45) is -0.976. The average molecular weight is 460 g/mol. The number of hydroxylamine groups is 1. The van der Waals surface area contributed by atoms with E-state index in [0.29, 0.717) is 34.2 Å². The molecule has 0 N–H and O–H groups in total. The van der Waals surface area contributed by atoms with Crippen molar-refractivity contribution in [2.75, 3.05) is 31.3 Å². The molecule has 2 aliphatic heterocycles. The minimum Gasteiger partial charge on any atom is -0.493 e. The van der Waals surface area contributed by atoms with Crippen LogP contribution in [0.4, 0.5) is 11.4 Å². The number of ether oxygens (including phenoxy) is 3. The maximum absolute atomic E-state index is 13.7. The number of para-hydroxylation sites is 2. The quantitative estimate of drug-likeness (QED) is 0.519. The van der Waals surface area contributed by atoms with Crippen LogP contribution in [0.2, 0.25) is 0 Å². The van der Waals surface area contributed by atoms with Crippen molar-refractivity contribution in [3.63, 3.8) is 0 Å². The number of fused-ring (bicyclic) bond motifs is 1. The van der Waals surface area contributed by atoms with Crippen LogP contribution < -0.4 is 24.2 Å². The first-order valence-corrected chi connectivity index (χ1v) is 10.8. The number of carbonyl (C=O) groups excluding carboxylic acids is 2. The maximum atomic E-state index is 13.7. The molecule has 5 rings (SSSR count). The van der Waals surface area contributed by atoms with E-state index in [9.17, 15) is 9.59 Å². The normalized spacial score (nSPS) is 21.6. The molecule has 3 aromatic rings. The van der Waals surface area contributed by atoms with E-state index in [4.69, 9.17) is 19.0 Å². The highest BCUT2D eigenvalue weighted by atomic mass is 16.7. The molecule has 8 nitrogen and oxygen atoms in total. The van der Waals surface area contributed by atoms with E-state index < -0.39 is 24.0 Å². The fraction of sp³-hybridized carbons (Fsp3) is 0.231. The Labute approximate surface area is 197 Å². The number of amides is 2. The second-order valence-electron chi connectivity index (χ2n) is 7.93. The summed E-state index contributed by atoms with van der Waals surface area (Å²) in [4.78, 5) is 34.5. The first kappa shape index (κ1) is 21.8. The predicted molar refractivity (Wildman–Crippen MR) is 125 cm³/mol. The molecule has 0 bridgehead atoms. The molecule has 0 aliphatic carbocycles.